The number of hydrogen-bond acceptors (Lipinski definition) is 4. The van der Waals surface area contributed by atoms with Gasteiger partial charge in [0.25, 0.3) is 0 Å². The summed E-state index contributed by atoms with van der Waals surface area (Å²) in [6, 6.07) is 24.6. The van der Waals surface area contributed by atoms with Crippen molar-refractivity contribution in [1.29, 1.82) is 0 Å². The van der Waals surface area contributed by atoms with Gasteiger partial charge in [-0.2, -0.15) is 0 Å². The van der Waals surface area contributed by atoms with Crippen LogP contribution in [0.5, 0.6) is 0 Å². The number of allylic oxidation sites excluding steroid dienone is 1. The molecule has 4 aromatic rings. The molecule has 2 aromatic heterocycles. The molecule has 6 rings (SSSR count). The monoisotopic (exact) mass is 534 g/mol. The van der Waals surface area contributed by atoms with Gasteiger partial charge in [-0.15, -0.1) is 0 Å². The summed E-state index contributed by atoms with van der Waals surface area (Å²) >= 11 is 0.246. The summed E-state index contributed by atoms with van der Waals surface area (Å²) in [5.74, 6) is -0.503. The number of rotatable bonds is 2. The fourth-order valence-electron chi connectivity index (χ4n) is 3.90. The van der Waals surface area contributed by atoms with Gasteiger partial charge in [-0.25, -0.2) is 0 Å². The number of nitrogens with zero attached hydrogens (tertiary/aromatic N) is 2. The quantitative estimate of drug-likeness (QED) is 0.199. The van der Waals surface area contributed by atoms with E-state index in [1.807, 2.05) is 6.07 Å². The molecule has 31 heavy (non-hydrogen) atoms. The van der Waals surface area contributed by atoms with Gasteiger partial charge in [0.05, 0.1) is 0 Å². The van der Waals surface area contributed by atoms with Gasteiger partial charge in [-0.3, -0.25) is 0 Å². The number of carbonyl (C=O) groups excluding carboxylic acids is 2. The summed E-state index contributed by atoms with van der Waals surface area (Å²) < 4.78 is 4.93. The van der Waals surface area contributed by atoms with Crippen LogP contribution in [0.25, 0.3) is 6.08 Å². The maximum absolute atomic E-state index is 12.7. The maximum atomic E-state index is 12.7. The number of ketones is 2. The molecule has 0 amide bonds. The molecule has 0 saturated carbocycles. The number of fused-ring (bicyclic) bond motifs is 3. The number of benzene rings is 2. The summed E-state index contributed by atoms with van der Waals surface area (Å²) in [7, 11) is 0. The molecule has 0 unspecified atom stereocenters. The van der Waals surface area contributed by atoms with E-state index in [4.69, 9.17) is 0 Å². The van der Waals surface area contributed by atoms with Gasteiger partial charge in [-0.1, -0.05) is 0 Å². The second-order valence-corrected chi connectivity index (χ2v) is 11.7. The summed E-state index contributed by atoms with van der Waals surface area (Å²) in [4.78, 5) is 31.9. The van der Waals surface area contributed by atoms with Gasteiger partial charge >= 0.3 is 192 Å². The zero-order valence-electron chi connectivity index (χ0n) is 16.1. The molecular formula is C25H14N2O2Se2. The van der Waals surface area contributed by atoms with Crippen molar-refractivity contribution in [2.45, 2.75) is 0 Å². The first-order valence-corrected chi connectivity index (χ1v) is 13.2. The zero-order valence-corrected chi connectivity index (χ0v) is 19.5. The molecule has 0 N–H and O–H groups in total. The number of anilines is 3. The van der Waals surface area contributed by atoms with Gasteiger partial charge < -0.3 is 0 Å². The number of hydrogen-bond donors (Lipinski definition) is 0. The molecule has 0 spiro atoms. The fraction of sp³-hybridized carbons (Fsp3) is 0. The predicted octanol–water partition coefficient (Wildman–Crippen LogP) is 3.04. The number of pyridine rings is 1. The first-order valence-electron chi connectivity index (χ1n) is 9.73. The van der Waals surface area contributed by atoms with E-state index in [-0.39, 0.29) is 52.3 Å². The van der Waals surface area contributed by atoms with Crippen LogP contribution >= 0.6 is 0 Å². The Morgan fingerprint density at radius 3 is 2.19 bits per heavy atom. The molecule has 2 aromatic carbocycles. The average molecular weight is 532 g/mol. The number of para-hydroxylation sites is 2. The molecule has 148 valence electrons. The minimum atomic E-state index is -0.276. The summed E-state index contributed by atoms with van der Waals surface area (Å²) in [5, 5.41) is 0. The Hall–Kier alpha value is -3.01. The second kappa shape index (κ2) is 7.29. The Labute approximate surface area is 191 Å². The second-order valence-electron chi connectivity index (χ2n) is 7.16. The van der Waals surface area contributed by atoms with Crippen LogP contribution in [-0.4, -0.2) is 46.0 Å². The van der Waals surface area contributed by atoms with Crippen LogP contribution in [0.3, 0.4) is 0 Å². The van der Waals surface area contributed by atoms with Crippen molar-refractivity contribution in [2.24, 2.45) is 0 Å². The predicted molar refractivity (Wildman–Crippen MR) is 124 cm³/mol. The van der Waals surface area contributed by atoms with Crippen molar-refractivity contribution in [3.63, 3.8) is 0 Å². The van der Waals surface area contributed by atoms with Crippen LogP contribution in [-0.2, 0) is 0 Å². The van der Waals surface area contributed by atoms with Crippen molar-refractivity contribution < 1.29 is 9.59 Å². The molecule has 0 fully saturated rings. The van der Waals surface area contributed by atoms with E-state index >= 15 is 0 Å². The van der Waals surface area contributed by atoms with Gasteiger partial charge in [0.2, 0.25) is 0 Å². The number of Topliss-reactive ketones (excluding diaryl/α,β-unsaturated/α-hetero) is 2. The van der Waals surface area contributed by atoms with Gasteiger partial charge in [0.15, 0.2) is 0 Å². The van der Waals surface area contributed by atoms with Gasteiger partial charge in [0, 0.05) is 0 Å². The minimum absolute atomic E-state index is 0.0275. The first kappa shape index (κ1) is 18.7. The Bertz CT molecular complexity index is 1340. The van der Waals surface area contributed by atoms with Crippen molar-refractivity contribution >= 4 is 72.0 Å². The molecule has 6 heteroatoms. The van der Waals surface area contributed by atoms with Crippen LogP contribution in [0.15, 0.2) is 84.6 Å². The van der Waals surface area contributed by atoms with E-state index in [2.05, 4.69) is 64.5 Å². The Morgan fingerprint density at radius 2 is 1.48 bits per heavy atom. The molecule has 2 aliphatic rings. The van der Waals surface area contributed by atoms with Crippen molar-refractivity contribution in [2.75, 3.05) is 4.90 Å². The van der Waals surface area contributed by atoms with Crippen molar-refractivity contribution in [1.82, 2.24) is 4.98 Å². The molecule has 0 bridgehead atoms. The third kappa shape index (κ3) is 3.00. The topological polar surface area (TPSA) is 50.3 Å². The van der Waals surface area contributed by atoms with E-state index in [0.717, 1.165) is 4.44 Å². The van der Waals surface area contributed by atoms with E-state index < -0.39 is 0 Å². The van der Waals surface area contributed by atoms with Crippen LogP contribution in [0.4, 0.5) is 15.9 Å². The number of carbonyl (C=O) groups is 2. The van der Waals surface area contributed by atoms with E-state index in [1.165, 1.54) is 24.9 Å². The van der Waals surface area contributed by atoms with Crippen LogP contribution in [0.1, 0.15) is 25.3 Å². The molecule has 0 atom stereocenters. The molecular weight excluding hydrogens is 518 g/mol. The Kier molecular flexibility index (Phi) is 4.41. The van der Waals surface area contributed by atoms with Crippen molar-refractivity contribution in [3.8, 4) is 0 Å². The molecule has 1 aliphatic heterocycles. The van der Waals surface area contributed by atoms with Gasteiger partial charge in [-0.05, 0) is 0 Å². The summed E-state index contributed by atoms with van der Waals surface area (Å²) in [6.45, 7) is 0. The fourth-order valence-corrected chi connectivity index (χ4v) is 8.17. The van der Waals surface area contributed by atoms with Crippen molar-refractivity contribution in [3.05, 3.63) is 100 Å². The van der Waals surface area contributed by atoms with Crippen LogP contribution in [0.2, 0.25) is 0 Å². The standard InChI is InChI=1S/C25H14N2O2Se2/c28-24-16-6-5-13-26-23(16)25(29)17(24)14-15-11-12-22(30-15)27-18-7-1-3-9-20(18)31-21-10-4-2-8-19(21)27/h1-14H/b17-14-. The zero-order chi connectivity index (χ0) is 20.9. The average Bonchev–Trinajstić information content (AvgIpc) is 3.36. The SMILES string of the molecule is O=C1/C(=C/c2ccc(N3c4ccccc4[Se]c4ccccc43)[se]2)C(=O)c2ncccc21. The van der Waals surface area contributed by atoms with Gasteiger partial charge in [0.1, 0.15) is 0 Å². The Morgan fingerprint density at radius 1 is 0.774 bits per heavy atom. The van der Waals surface area contributed by atoms with E-state index in [0.29, 0.717) is 5.56 Å². The summed E-state index contributed by atoms with van der Waals surface area (Å²) in [5.41, 5.74) is 3.33. The third-order valence-electron chi connectivity index (χ3n) is 5.31. The molecule has 4 nitrogen and oxygen atoms in total. The third-order valence-corrected chi connectivity index (χ3v) is 9.81. The van der Waals surface area contributed by atoms with Crippen LogP contribution in [0, 0.1) is 0 Å². The summed E-state index contributed by atoms with van der Waals surface area (Å²) in [6.07, 6.45) is 3.32. The number of aromatic nitrogens is 1. The van der Waals surface area contributed by atoms with Crippen LogP contribution < -0.4 is 13.8 Å². The first-order chi connectivity index (χ1) is 15.2. The van der Waals surface area contributed by atoms with E-state index in [9.17, 15) is 9.59 Å². The molecule has 1 aliphatic carbocycles. The normalized spacial score (nSPS) is 15.7. The van der Waals surface area contributed by atoms with E-state index in [1.54, 1.807) is 24.4 Å². The Balaban J connectivity index is 1.43. The molecule has 0 radical (unpaired) electrons. The molecule has 0 saturated heterocycles. The molecule has 3 heterocycles.